The van der Waals surface area contributed by atoms with Crippen molar-refractivity contribution in [2.24, 2.45) is 5.84 Å². The molecule has 0 unspecified atom stereocenters. The van der Waals surface area contributed by atoms with Crippen molar-refractivity contribution >= 4 is 15.7 Å². The summed E-state index contributed by atoms with van der Waals surface area (Å²) in [5.74, 6) is 0.168. The van der Waals surface area contributed by atoms with Crippen LogP contribution < -0.4 is 10.3 Å². The van der Waals surface area contributed by atoms with E-state index in [0.717, 1.165) is 6.07 Å². The van der Waals surface area contributed by atoms with E-state index in [2.05, 4.69) is 0 Å². The van der Waals surface area contributed by atoms with Gasteiger partial charge in [-0.1, -0.05) is 0 Å². The Bertz CT molecular complexity index is 489. The molecular weight excluding hydrogens is 233 g/mol. The van der Waals surface area contributed by atoms with Crippen molar-refractivity contribution in [2.75, 3.05) is 10.7 Å². The van der Waals surface area contributed by atoms with E-state index in [9.17, 15) is 21.6 Å². The third-order valence-electron chi connectivity index (χ3n) is 1.61. The summed E-state index contributed by atoms with van der Waals surface area (Å²) in [6.45, 7) is 0. The van der Waals surface area contributed by atoms with E-state index in [1.54, 1.807) is 0 Å². The maximum absolute atomic E-state index is 13.0. The molecule has 0 saturated carbocycles. The molecule has 0 aliphatic carbocycles. The van der Waals surface area contributed by atoms with Gasteiger partial charge in [0.1, 0.15) is 5.69 Å². The molecule has 0 amide bonds. The van der Waals surface area contributed by atoms with Gasteiger partial charge >= 0.3 is 0 Å². The molecule has 0 bridgehead atoms. The zero-order chi connectivity index (χ0) is 11.8. The normalized spacial score (nSPS) is 11.5. The molecule has 0 aliphatic heterocycles. The van der Waals surface area contributed by atoms with Gasteiger partial charge in [0.05, 0.1) is 6.26 Å². The standard InChI is InChI=1S/C7H7F3N2O2S/c1-15(13,14)12(11)5-3-2-4(8)6(9)7(5)10/h2-3H,11H2,1H3. The predicted molar refractivity (Wildman–Crippen MR) is 47.8 cm³/mol. The molecule has 4 nitrogen and oxygen atoms in total. The van der Waals surface area contributed by atoms with Crippen LogP contribution in [0.3, 0.4) is 0 Å². The van der Waals surface area contributed by atoms with Gasteiger partial charge in [-0.25, -0.2) is 31.8 Å². The largest absolute Gasteiger partial charge is 0.245 e. The smallest absolute Gasteiger partial charge is 0.233 e. The average Bonchev–Trinajstić information content (AvgIpc) is 2.12. The van der Waals surface area contributed by atoms with Gasteiger partial charge in [-0.05, 0) is 12.1 Å². The number of hydrogen-bond donors (Lipinski definition) is 1. The van der Waals surface area contributed by atoms with Crippen LogP contribution >= 0.6 is 0 Å². The van der Waals surface area contributed by atoms with Crippen LogP contribution in [0.15, 0.2) is 12.1 Å². The van der Waals surface area contributed by atoms with Crippen molar-refractivity contribution in [3.05, 3.63) is 29.6 Å². The molecule has 0 aromatic heterocycles. The van der Waals surface area contributed by atoms with Gasteiger partial charge in [0.2, 0.25) is 10.0 Å². The summed E-state index contributed by atoms with van der Waals surface area (Å²) in [5, 5.41) is 0. The number of anilines is 1. The zero-order valence-electron chi connectivity index (χ0n) is 7.54. The van der Waals surface area contributed by atoms with Crippen molar-refractivity contribution in [1.82, 2.24) is 0 Å². The van der Waals surface area contributed by atoms with Crippen molar-refractivity contribution in [3.63, 3.8) is 0 Å². The predicted octanol–water partition coefficient (Wildman–Crippen LogP) is 0.744. The molecule has 0 radical (unpaired) electrons. The number of hydrazine groups is 1. The van der Waals surface area contributed by atoms with Crippen LogP contribution in [0.5, 0.6) is 0 Å². The average molecular weight is 240 g/mol. The molecular formula is C7H7F3N2O2S. The summed E-state index contributed by atoms with van der Waals surface area (Å²) in [6.07, 6.45) is 0.702. The molecule has 0 aliphatic rings. The first-order valence-corrected chi connectivity index (χ1v) is 5.48. The summed E-state index contributed by atoms with van der Waals surface area (Å²) >= 11 is 0. The van der Waals surface area contributed by atoms with E-state index in [1.807, 2.05) is 0 Å². The molecule has 0 heterocycles. The molecule has 2 N–H and O–H groups in total. The van der Waals surface area contributed by atoms with Crippen molar-refractivity contribution in [2.45, 2.75) is 0 Å². The highest BCUT2D eigenvalue weighted by Gasteiger charge is 2.21. The highest BCUT2D eigenvalue weighted by Crippen LogP contribution is 2.22. The van der Waals surface area contributed by atoms with Crippen LogP contribution in [-0.4, -0.2) is 14.7 Å². The minimum absolute atomic E-state index is 0.0326. The number of sulfonamides is 1. The molecule has 0 saturated heterocycles. The summed E-state index contributed by atoms with van der Waals surface area (Å²) in [7, 11) is -3.93. The molecule has 84 valence electrons. The number of rotatable bonds is 2. The Kier molecular flexibility index (Phi) is 2.91. The third kappa shape index (κ3) is 2.21. The minimum Gasteiger partial charge on any atom is -0.233 e. The van der Waals surface area contributed by atoms with E-state index < -0.39 is 33.2 Å². The summed E-state index contributed by atoms with van der Waals surface area (Å²) < 4.78 is 60.1. The van der Waals surface area contributed by atoms with Crippen molar-refractivity contribution in [1.29, 1.82) is 0 Å². The Morgan fingerprint density at radius 1 is 1.20 bits per heavy atom. The topological polar surface area (TPSA) is 63.4 Å². The Labute approximate surface area is 84.1 Å². The van der Waals surface area contributed by atoms with Gasteiger partial charge < -0.3 is 0 Å². The molecule has 1 rings (SSSR count). The lowest BCUT2D eigenvalue weighted by molar-refractivity contribution is 0.447. The lowest BCUT2D eigenvalue weighted by Crippen LogP contribution is -2.37. The lowest BCUT2D eigenvalue weighted by atomic mass is 10.3. The van der Waals surface area contributed by atoms with Crippen LogP contribution in [0.2, 0.25) is 0 Å². The van der Waals surface area contributed by atoms with Crippen molar-refractivity contribution < 1.29 is 21.6 Å². The maximum atomic E-state index is 13.0. The maximum Gasteiger partial charge on any atom is 0.245 e. The van der Waals surface area contributed by atoms with Crippen LogP contribution in [0, 0.1) is 17.5 Å². The fraction of sp³-hybridized carbons (Fsp3) is 0.143. The number of nitrogens with two attached hydrogens (primary N) is 1. The number of nitrogens with zero attached hydrogens (tertiary/aromatic N) is 1. The quantitative estimate of drug-likeness (QED) is 0.471. The number of halogens is 3. The van der Waals surface area contributed by atoms with Gasteiger partial charge in [-0.2, -0.15) is 0 Å². The van der Waals surface area contributed by atoms with Gasteiger partial charge in [-0.15, -0.1) is 0 Å². The van der Waals surface area contributed by atoms with Crippen LogP contribution in [-0.2, 0) is 10.0 Å². The highest BCUT2D eigenvalue weighted by molar-refractivity contribution is 7.92. The molecule has 15 heavy (non-hydrogen) atoms. The summed E-state index contributed by atoms with van der Waals surface area (Å²) in [5.41, 5.74) is -0.753. The van der Waals surface area contributed by atoms with Gasteiger partial charge in [0.25, 0.3) is 0 Å². The van der Waals surface area contributed by atoms with E-state index in [1.165, 1.54) is 0 Å². The monoisotopic (exact) mass is 240 g/mol. The highest BCUT2D eigenvalue weighted by atomic mass is 32.2. The molecule has 8 heteroatoms. The summed E-state index contributed by atoms with van der Waals surface area (Å²) in [6, 6.07) is 1.31. The fourth-order valence-corrected chi connectivity index (χ4v) is 1.36. The van der Waals surface area contributed by atoms with Gasteiger partial charge in [0, 0.05) is 0 Å². The molecule has 0 fully saturated rings. The Balaban J connectivity index is 3.35. The third-order valence-corrected chi connectivity index (χ3v) is 2.52. The lowest BCUT2D eigenvalue weighted by Gasteiger charge is -2.16. The van der Waals surface area contributed by atoms with Gasteiger partial charge in [-0.3, -0.25) is 0 Å². The second kappa shape index (κ2) is 3.70. The van der Waals surface area contributed by atoms with E-state index in [4.69, 9.17) is 5.84 Å². The summed E-state index contributed by atoms with van der Waals surface area (Å²) in [4.78, 5) is 0. The minimum atomic E-state index is -3.93. The van der Waals surface area contributed by atoms with Crippen LogP contribution in [0.4, 0.5) is 18.9 Å². The Morgan fingerprint density at radius 3 is 2.20 bits per heavy atom. The fourth-order valence-electron chi connectivity index (χ4n) is 0.865. The molecule has 0 atom stereocenters. The number of benzene rings is 1. The van der Waals surface area contributed by atoms with Crippen LogP contribution in [0.25, 0.3) is 0 Å². The Morgan fingerprint density at radius 2 is 1.73 bits per heavy atom. The first kappa shape index (κ1) is 11.8. The second-order valence-electron chi connectivity index (χ2n) is 2.75. The second-order valence-corrected chi connectivity index (χ2v) is 4.61. The molecule has 1 aromatic carbocycles. The first-order chi connectivity index (χ1) is 6.75. The van der Waals surface area contributed by atoms with Gasteiger partial charge in [0.15, 0.2) is 17.5 Å². The Hall–Kier alpha value is -1.28. The zero-order valence-corrected chi connectivity index (χ0v) is 8.35. The number of hydrogen-bond acceptors (Lipinski definition) is 3. The molecule has 0 spiro atoms. The first-order valence-electron chi connectivity index (χ1n) is 3.63. The van der Waals surface area contributed by atoms with E-state index in [0.29, 0.717) is 12.3 Å². The molecule has 1 aromatic rings. The van der Waals surface area contributed by atoms with Crippen molar-refractivity contribution in [3.8, 4) is 0 Å². The van der Waals surface area contributed by atoms with Crippen LogP contribution in [0.1, 0.15) is 0 Å². The SMILES string of the molecule is CS(=O)(=O)N(N)c1ccc(F)c(F)c1F. The van der Waals surface area contributed by atoms with E-state index >= 15 is 0 Å². The van der Waals surface area contributed by atoms with E-state index in [-0.39, 0.29) is 4.41 Å².